The fraction of sp³-hybridized carbons (Fsp3) is 0.667. The molecule has 0 aromatic rings. The van der Waals surface area contributed by atoms with E-state index in [1.807, 2.05) is 4.72 Å². The van der Waals surface area contributed by atoms with Crippen LogP contribution in [0.3, 0.4) is 0 Å². The normalized spacial score (nSPS) is 17.2. The van der Waals surface area contributed by atoms with Gasteiger partial charge in [0, 0.05) is 11.3 Å². The summed E-state index contributed by atoms with van der Waals surface area (Å²) in [6, 6.07) is -0.617. The zero-order valence-electron chi connectivity index (χ0n) is 4.29. The number of hydrogen-bond donors (Lipinski definition) is 1. The Morgan fingerprint density at radius 3 is 2.50 bits per heavy atom. The summed E-state index contributed by atoms with van der Waals surface area (Å²) in [7, 11) is 0. The molecule has 2 atom stereocenters. The summed E-state index contributed by atoms with van der Waals surface area (Å²) in [5.74, 6) is 0. The highest BCUT2D eigenvalue weighted by Gasteiger charge is 1.93. The minimum atomic E-state index is -2.33. The van der Waals surface area contributed by atoms with Gasteiger partial charge in [-0.1, -0.05) is 0 Å². The summed E-state index contributed by atoms with van der Waals surface area (Å²) >= 11 is -2.33. The lowest BCUT2D eigenvalue weighted by Gasteiger charge is -2.07. The lowest BCUT2D eigenvalue weighted by atomic mass is 10.4. The molecule has 4 nitrogen and oxygen atoms in total. The summed E-state index contributed by atoms with van der Waals surface area (Å²) in [5.41, 5.74) is 0. The van der Waals surface area contributed by atoms with Gasteiger partial charge in [0.05, 0.1) is 6.04 Å². The van der Waals surface area contributed by atoms with E-state index in [1.165, 1.54) is 6.92 Å². The van der Waals surface area contributed by atoms with Gasteiger partial charge < -0.3 is 9.35 Å². The molecule has 0 saturated carbocycles. The second kappa shape index (κ2) is 3.71. The molecule has 0 aromatic carbocycles. The number of carbonyl (C=O) groups excluding carboxylic acids is 1. The first-order valence-corrected chi connectivity index (χ1v) is 3.05. The standard InChI is InChI=1S/C3H7NO3S/c1-3(2-5)4-8(6)7/h2-4H,1H3,(H,6,7)/p-1. The summed E-state index contributed by atoms with van der Waals surface area (Å²) < 4.78 is 21.3. The second-order valence-electron chi connectivity index (χ2n) is 1.28. The predicted molar refractivity (Wildman–Crippen MR) is 27.6 cm³/mol. The Labute approximate surface area is 49.7 Å². The third kappa shape index (κ3) is 3.91. The molecule has 2 unspecified atom stereocenters. The van der Waals surface area contributed by atoms with Crippen molar-refractivity contribution in [1.82, 2.24) is 4.72 Å². The van der Waals surface area contributed by atoms with Crippen LogP contribution in [-0.4, -0.2) is 21.1 Å². The molecule has 0 radical (unpaired) electrons. The second-order valence-corrected chi connectivity index (χ2v) is 1.98. The molecule has 5 heteroatoms. The highest BCUT2D eigenvalue weighted by Crippen LogP contribution is 1.72. The minimum absolute atomic E-state index is 0.510. The average Bonchev–Trinajstić information content (AvgIpc) is 1.65. The van der Waals surface area contributed by atoms with Crippen LogP contribution < -0.4 is 4.72 Å². The molecular formula is C3H6NO3S-. The van der Waals surface area contributed by atoms with Gasteiger partial charge in [0.2, 0.25) is 0 Å². The molecule has 0 aliphatic rings. The first kappa shape index (κ1) is 7.74. The van der Waals surface area contributed by atoms with E-state index in [-0.39, 0.29) is 0 Å². The van der Waals surface area contributed by atoms with Crippen LogP contribution >= 0.6 is 0 Å². The number of rotatable bonds is 3. The van der Waals surface area contributed by atoms with Crippen LogP contribution in [0.4, 0.5) is 0 Å². The van der Waals surface area contributed by atoms with Crippen molar-refractivity contribution in [2.45, 2.75) is 13.0 Å². The maximum Gasteiger partial charge on any atom is 0.137 e. The molecule has 0 amide bonds. The van der Waals surface area contributed by atoms with E-state index in [0.29, 0.717) is 6.29 Å². The highest BCUT2D eigenvalue weighted by molar-refractivity contribution is 7.77. The van der Waals surface area contributed by atoms with E-state index < -0.39 is 17.3 Å². The zero-order valence-corrected chi connectivity index (χ0v) is 5.10. The third-order valence-electron chi connectivity index (χ3n) is 0.486. The van der Waals surface area contributed by atoms with Gasteiger partial charge in [-0.05, 0) is 6.92 Å². The van der Waals surface area contributed by atoms with Gasteiger partial charge in [-0.25, -0.2) is 4.72 Å². The van der Waals surface area contributed by atoms with Crippen molar-refractivity contribution in [2.24, 2.45) is 0 Å². The Bertz CT molecular complexity index is 105. The van der Waals surface area contributed by atoms with Gasteiger partial charge in [-0.2, -0.15) is 0 Å². The molecule has 48 valence electrons. The molecule has 0 rings (SSSR count). The van der Waals surface area contributed by atoms with Gasteiger partial charge >= 0.3 is 0 Å². The summed E-state index contributed by atoms with van der Waals surface area (Å²) in [6.07, 6.45) is 0.510. The van der Waals surface area contributed by atoms with Crippen molar-refractivity contribution in [2.75, 3.05) is 0 Å². The van der Waals surface area contributed by atoms with E-state index in [0.717, 1.165) is 0 Å². The molecule has 0 spiro atoms. The van der Waals surface area contributed by atoms with Crippen molar-refractivity contribution in [3.63, 3.8) is 0 Å². The van der Waals surface area contributed by atoms with E-state index in [9.17, 15) is 13.6 Å². The summed E-state index contributed by atoms with van der Waals surface area (Å²) in [6.45, 7) is 1.45. The third-order valence-corrected chi connectivity index (χ3v) is 1.05. The molecule has 0 aliphatic heterocycles. The lowest BCUT2D eigenvalue weighted by Crippen LogP contribution is -2.28. The smallest absolute Gasteiger partial charge is 0.137 e. The number of carbonyl (C=O) groups is 1. The molecule has 0 bridgehead atoms. The zero-order chi connectivity index (χ0) is 6.57. The van der Waals surface area contributed by atoms with Crippen LogP contribution in [0, 0.1) is 0 Å². The molecule has 0 aliphatic carbocycles. The Hall–Kier alpha value is -0.260. The van der Waals surface area contributed by atoms with Gasteiger partial charge in [0.1, 0.15) is 6.29 Å². The van der Waals surface area contributed by atoms with Crippen LogP contribution in [0.25, 0.3) is 0 Å². The Balaban J connectivity index is 3.38. The van der Waals surface area contributed by atoms with Crippen LogP contribution in [0.5, 0.6) is 0 Å². The van der Waals surface area contributed by atoms with Crippen molar-refractivity contribution in [3.8, 4) is 0 Å². The Morgan fingerprint density at radius 1 is 1.88 bits per heavy atom. The van der Waals surface area contributed by atoms with Crippen molar-refractivity contribution < 1.29 is 13.6 Å². The van der Waals surface area contributed by atoms with Gasteiger partial charge in [0.25, 0.3) is 0 Å². The Kier molecular flexibility index (Phi) is 3.59. The van der Waals surface area contributed by atoms with Crippen LogP contribution in [0.2, 0.25) is 0 Å². The predicted octanol–water partition coefficient (Wildman–Crippen LogP) is -1.04. The van der Waals surface area contributed by atoms with Crippen molar-refractivity contribution in [1.29, 1.82) is 0 Å². The van der Waals surface area contributed by atoms with E-state index in [1.54, 1.807) is 0 Å². The number of hydrogen-bond acceptors (Lipinski definition) is 3. The molecule has 8 heavy (non-hydrogen) atoms. The molecule has 0 aromatic heterocycles. The van der Waals surface area contributed by atoms with Gasteiger partial charge in [-0.15, -0.1) is 0 Å². The van der Waals surface area contributed by atoms with Crippen molar-refractivity contribution in [3.05, 3.63) is 0 Å². The lowest BCUT2D eigenvalue weighted by molar-refractivity contribution is -0.108. The minimum Gasteiger partial charge on any atom is -0.760 e. The summed E-state index contributed by atoms with van der Waals surface area (Å²) in [4.78, 5) is 9.70. The first-order valence-electron chi connectivity index (χ1n) is 1.97. The average molecular weight is 136 g/mol. The SMILES string of the molecule is CC(C=O)NS(=O)[O-]. The Morgan fingerprint density at radius 2 is 2.38 bits per heavy atom. The number of nitrogens with one attached hydrogen (secondary N) is 1. The summed E-state index contributed by atoms with van der Waals surface area (Å²) in [5, 5.41) is 0. The van der Waals surface area contributed by atoms with Crippen LogP contribution in [-0.2, 0) is 16.1 Å². The fourth-order valence-electron chi connectivity index (χ4n) is 0.180. The van der Waals surface area contributed by atoms with Crippen LogP contribution in [0.1, 0.15) is 6.92 Å². The molecular weight excluding hydrogens is 130 g/mol. The van der Waals surface area contributed by atoms with E-state index in [2.05, 4.69) is 0 Å². The topological polar surface area (TPSA) is 69.2 Å². The van der Waals surface area contributed by atoms with Crippen molar-refractivity contribution >= 4 is 17.6 Å². The highest BCUT2D eigenvalue weighted by atomic mass is 32.2. The largest absolute Gasteiger partial charge is 0.760 e. The maximum absolute atomic E-state index is 9.70. The van der Waals surface area contributed by atoms with E-state index >= 15 is 0 Å². The van der Waals surface area contributed by atoms with Gasteiger partial charge in [-0.3, -0.25) is 4.21 Å². The number of aldehydes is 1. The maximum atomic E-state index is 9.70. The quantitative estimate of drug-likeness (QED) is 0.398. The van der Waals surface area contributed by atoms with Crippen LogP contribution in [0.15, 0.2) is 0 Å². The molecule has 0 fully saturated rings. The van der Waals surface area contributed by atoms with Gasteiger partial charge in [0.15, 0.2) is 0 Å². The molecule has 0 saturated heterocycles. The fourth-order valence-corrected chi connectivity index (χ4v) is 0.539. The first-order chi connectivity index (χ1) is 3.66. The molecule has 1 N–H and O–H groups in total. The molecule has 0 heterocycles. The monoisotopic (exact) mass is 136 g/mol. The van der Waals surface area contributed by atoms with E-state index in [4.69, 9.17) is 0 Å².